The molecule has 6 heteroatoms. The van der Waals surface area contributed by atoms with E-state index in [2.05, 4.69) is 15.5 Å². The molecule has 1 amide bonds. The number of halogens is 1. The lowest BCUT2D eigenvalue weighted by Crippen LogP contribution is -2.49. The molecule has 0 saturated heterocycles. The second kappa shape index (κ2) is 6.92. The standard InChI is InChI=1S/C20H19ClN4O/c21-16-9-7-15(8-10-16)20(11-4-12-20)19(26)22-13-18-24-23-14-25(18)17-5-2-1-3-6-17/h1-3,5-10,14H,4,11-13H2,(H,22,26). The van der Waals surface area contributed by atoms with Crippen LogP contribution in [0.1, 0.15) is 30.7 Å². The summed E-state index contributed by atoms with van der Waals surface area (Å²) in [6, 6.07) is 17.4. The van der Waals surface area contributed by atoms with E-state index in [1.54, 1.807) is 6.33 Å². The third-order valence-electron chi connectivity index (χ3n) is 5.10. The molecule has 1 aromatic heterocycles. The molecule has 26 heavy (non-hydrogen) atoms. The zero-order chi connectivity index (χ0) is 18.0. The minimum atomic E-state index is -0.456. The van der Waals surface area contributed by atoms with Gasteiger partial charge in [-0.15, -0.1) is 10.2 Å². The minimum Gasteiger partial charge on any atom is -0.348 e. The van der Waals surface area contributed by atoms with Crippen LogP contribution < -0.4 is 5.32 Å². The van der Waals surface area contributed by atoms with Crippen molar-refractivity contribution >= 4 is 17.5 Å². The fourth-order valence-corrected chi connectivity index (χ4v) is 3.58. The van der Waals surface area contributed by atoms with Crippen molar-refractivity contribution in [1.29, 1.82) is 0 Å². The number of hydrogen-bond acceptors (Lipinski definition) is 3. The van der Waals surface area contributed by atoms with Crippen LogP contribution >= 0.6 is 11.6 Å². The van der Waals surface area contributed by atoms with Gasteiger partial charge < -0.3 is 5.32 Å². The van der Waals surface area contributed by atoms with Crippen LogP contribution in [0.25, 0.3) is 5.69 Å². The molecule has 4 rings (SSSR count). The minimum absolute atomic E-state index is 0.0358. The summed E-state index contributed by atoms with van der Waals surface area (Å²) in [6.07, 6.45) is 4.42. The Morgan fingerprint density at radius 1 is 1.12 bits per heavy atom. The molecule has 1 aliphatic carbocycles. The van der Waals surface area contributed by atoms with Crippen molar-refractivity contribution < 1.29 is 4.79 Å². The van der Waals surface area contributed by atoms with E-state index in [0.29, 0.717) is 17.4 Å². The Bertz CT molecular complexity index is 901. The highest BCUT2D eigenvalue weighted by atomic mass is 35.5. The lowest BCUT2D eigenvalue weighted by atomic mass is 9.64. The molecule has 5 nitrogen and oxygen atoms in total. The average molecular weight is 367 g/mol. The van der Waals surface area contributed by atoms with Gasteiger partial charge in [-0.3, -0.25) is 9.36 Å². The highest BCUT2D eigenvalue weighted by Crippen LogP contribution is 2.44. The molecular formula is C20H19ClN4O. The van der Waals surface area contributed by atoms with Crippen molar-refractivity contribution in [3.63, 3.8) is 0 Å². The molecule has 0 spiro atoms. The summed E-state index contributed by atoms with van der Waals surface area (Å²) >= 11 is 5.99. The smallest absolute Gasteiger partial charge is 0.231 e. The summed E-state index contributed by atoms with van der Waals surface area (Å²) in [4.78, 5) is 13.0. The van der Waals surface area contributed by atoms with Gasteiger partial charge in [-0.25, -0.2) is 0 Å². The monoisotopic (exact) mass is 366 g/mol. The summed E-state index contributed by atoms with van der Waals surface area (Å²) in [7, 11) is 0. The number of nitrogens with one attached hydrogen (secondary N) is 1. The molecule has 1 fully saturated rings. The van der Waals surface area contributed by atoms with E-state index in [1.807, 2.05) is 59.2 Å². The normalized spacial score (nSPS) is 15.3. The van der Waals surface area contributed by atoms with Crippen LogP contribution in [0.5, 0.6) is 0 Å². The zero-order valence-corrected chi connectivity index (χ0v) is 15.0. The molecule has 0 radical (unpaired) electrons. The van der Waals surface area contributed by atoms with Gasteiger partial charge in [0.1, 0.15) is 6.33 Å². The third-order valence-corrected chi connectivity index (χ3v) is 5.35. The van der Waals surface area contributed by atoms with Crippen LogP contribution in [0, 0.1) is 0 Å². The number of carbonyl (C=O) groups excluding carboxylic acids is 1. The number of nitrogens with zero attached hydrogens (tertiary/aromatic N) is 3. The van der Waals surface area contributed by atoms with Gasteiger partial charge in [0, 0.05) is 10.7 Å². The van der Waals surface area contributed by atoms with E-state index in [4.69, 9.17) is 11.6 Å². The van der Waals surface area contributed by atoms with Gasteiger partial charge in [0.2, 0.25) is 5.91 Å². The SMILES string of the molecule is O=C(NCc1nncn1-c1ccccc1)C1(c2ccc(Cl)cc2)CCC1. The Labute approximate surface area is 157 Å². The first-order valence-electron chi connectivity index (χ1n) is 8.68. The number of rotatable bonds is 5. The molecule has 132 valence electrons. The maximum absolute atomic E-state index is 13.0. The van der Waals surface area contributed by atoms with E-state index in [0.717, 1.165) is 30.5 Å². The first-order valence-corrected chi connectivity index (χ1v) is 9.05. The molecule has 0 atom stereocenters. The van der Waals surface area contributed by atoms with Gasteiger partial charge >= 0.3 is 0 Å². The highest BCUT2D eigenvalue weighted by molar-refractivity contribution is 6.30. The van der Waals surface area contributed by atoms with E-state index >= 15 is 0 Å². The van der Waals surface area contributed by atoms with Crippen LogP contribution in [0.3, 0.4) is 0 Å². The maximum Gasteiger partial charge on any atom is 0.231 e. The summed E-state index contributed by atoms with van der Waals surface area (Å²) in [5.41, 5.74) is 1.54. The molecule has 1 heterocycles. The second-order valence-electron chi connectivity index (χ2n) is 6.58. The predicted molar refractivity (Wildman–Crippen MR) is 100 cm³/mol. The Morgan fingerprint density at radius 3 is 2.50 bits per heavy atom. The zero-order valence-electron chi connectivity index (χ0n) is 14.2. The molecule has 3 aromatic rings. The van der Waals surface area contributed by atoms with Crippen molar-refractivity contribution in [2.24, 2.45) is 0 Å². The first kappa shape index (κ1) is 16.8. The van der Waals surface area contributed by atoms with Crippen molar-refractivity contribution in [1.82, 2.24) is 20.1 Å². The Balaban J connectivity index is 1.51. The molecule has 1 saturated carbocycles. The summed E-state index contributed by atoms with van der Waals surface area (Å²) in [5, 5.41) is 11.9. The van der Waals surface area contributed by atoms with Gasteiger partial charge in [0.05, 0.1) is 12.0 Å². The molecule has 0 bridgehead atoms. The van der Waals surface area contributed by atoms with Crippen molar-refractivity contribution in [3.8, 4) is 5.69 Å². The van der Waals surface area contributed by atoms with Crippen molar-refractivity contribution in [2.45, 2.75) is 31.2 Å². The van der Waals surface area contributed by atoms with Crippen LogP contribution in [0.2, 0.25) is 5.02 Å². The van der Waals surface area contributed by atoms with E-state index in [1.165, 1.54) is 0 Å². The van der Waals surface area contributed by atoms with Gasteiger partial charge in [-0.1, -0.05) is 48.4 Å². The largest absolute Gasteiger partial charge is 0.348 e. The number of para-hydroxylation sites is 1. The highest BCUT2D eigenvalue weighted by Gasteiger charge is 2.45. The lowest BCUT2D eigenvalue weighted by molar-refractivity contribution is -0.130. The van der Waals surface area contributed by atoms with Gasteiger partial charge in [-0.2, -0.15) is 0 Å². The number of aromatic nitrogens is 3. The van der Waals surface area contributed by atoms with Crippen LogP contribution in [0.15, 0.2) is 60.9 Å². The Morgan fingerprint density at radius 2 is 1.85 bits per heavy atom. The summed E-state index contributed by atoms with van der Waals surface area (Å²) < 4.78 is 1.88. The van der Waals surface area contributed by atoms with Gasteiger partial charge in [-0.05, 0) is 42.7 Å². The van der Waals surface area contributed by atoms with Crippen LogP contribution in [0.4, 0.5) is 0 Å². The average Bonchev–Trinajstić information content (AvgIpc) is 3.10. The molecule has 0 aliphatic heterocycles. The summed E-state index contributed by atoms with van der Waals surface area (Å²) in [5.74, 6) is 0.740. The number of benzene rings is 2. The fourth-order valence-electron chi connectivity index (χ4n) is 3.46. The number of amides is 1. The number of hydrogen-bond donors (Lipinski definition) is 1. The van der Waals surface area contributed by atoms with E-state index in [-0.39, 0.29) is 5.91 Å². The second-order valence-corrected chi connectivity index (χ2v) is 7.01. The first-order chi connectivity index (χ1) is 12.7. The number of carbonyl (C=O) groups is 1. The van der Waals surface area contributed by atoms with Crippen LogP contribution in [-0.4, -0.2) is 20.7 Å². The molecule has 1 N–H and O–H groups in total. The summed E-state index contributed by atoms with van der Waals surface area (Å²) in [6.45, 7) is 0.336. The van der Waals surface area contributed by atoms with Crippen molar-refractivity contribution in [3.05, 3.63) is 77.3 Å². The molecule has 0 unspecified atom stereocenters. The Kier molecular flexibility index (Phi) is 4.47. The van der Waals surface area contributed by atoms with Crippen molar-refractivity contribution in [2.75, 3.05) is 0 Å². The van der Waals surface area contributed by atoms with Crippen LogP contribution in [-0.2, 0) is 16.8 Å². The molecular weight excluding hydrogens is 348 g/mol. The van der Waals surface area contributed by atoms with Gasteiger partial charge in [0.25, 0.3) is 0 Å². The lowest BCUT2D eigenvalue weighted by Gasteiger charge is -2.40. The van der Waals surface area contributed by atoms with Gasteiger partial charge in [0.15, 0.2) is 5.82 Å². The molecule has 1 aliphatic rings. The predicted octanol–water partition coefficient (Wildman–Crippen LogP) is 3.66. The molecule has 2 aromatic carbocycles. The van der Waals surface area contributed by atoms with E-state index < -0.39 is 5.41 Å². The quantitative estimate of drug-likeness (QED) is 0.749. The Hall–Kier alpha value is -2.66. The topological polar surface area (TPSA) is 59.8 Å². The van der Waals surface area contributed by atoms with E-state index in [9.17, 15) is 4.79 Å². The fraction of sp³-hybridized carbons (Fsp3) is 0.250. The third kappa shape index (κ3) is 2.99. The maximum atomic E-state index is 13.0.